The molecule has 0 aromatic heterocycles. The van der Waals surface area contributed by atoms with Crippen LogP contribution in [0.5, 0.6) is 0 Å². The SMILES string of the molecule is CCC1NC(C)(CC)C(=O)N1C1CC1. The number of nitrogens with one attached hydrogen (secondary N) is 1. The van der Waals surface area contributed by atoms with Gasteiger partial charge in [-0.1, -0.05) is 13.8 Å². The third-order valence-electron chi connectivity index (χ3n) is 3.56. The predicted molar refractivity (Wildman–Crippen MR) is 55.8 cm³/mol. The summed E-state index contributed by atoms with van der Waals surface area (Å²) in [4.78, 5) is 14.3. The van der Waals surface area contributed by atoms with E-state index in [1.807, 2.05) is 6.92 Å². The van der Waals surface area contributed by atoms with Crippen molar-refractivity contribution in [3.05, 3.63) is 0 Å². The smallest absolute Gasteiger partial charge is 0.244 e. The molecule has 0 radical (unpaired) electrons. The fourth-order valence-corrected chi connectivity index (χ4v) is 2.25. The number of hydrogen-bond acceptors (Lipinski definition) is 2. The molecule has 1 N–H and O–H groups in total. The average molecular weight is 196 g/mol. The zero-order valence-corrected chi connectivity index (χ0v) is 9.34. The monoisotopic (exact) mass is 196 g/mol. The topological polar surface area (TPSA) is 32.3 Å². The molecule has 2 fully saturated rings. The second-order valence-electron chi connectivity index (χ2n) is 4.70. The van der Waals surface area contributed by atoms with Crippen molar-refractivity contribution in [3.63, 3.8) is 0 Å². The van der Waals surface area contributed by atoms with Crippen LogP contribution in [-0.4, -0.2) is 28.6 Å². The van der Waals surface area contributed by atoms with Crippen LogP contribution in [-0.2, 0) is 4.79 Å². The maximum atomic E-state index is 12.2. The van der Waals surface area contributed by atoms with Crippen molar-refractivity contribution in [1.29, 1.82) is 0 Å². The first-order chi connectivity index (χ1) is 6.62. The molecule has 1 saturated heterocycles. The predicted octanol–water partition coefficient (Wildman–Crippen LogP) is 1.49. The Kier molecular flexibility index (Phi) is 2.30. The molecule has 3 nitrogen and oxygen atoms in total. The summed E-state index contributed by atoms with van der Waals surface area (Å²) in [7, 11) is 0. The lowest BCUT2D eigenvalue weighted by Gasteiger charge is -2.22. The van der Waals surface area contributed by atoms with Crippen molar-refractivity contribution in [3.8, 4) is 0 Å². The van der Waals surface area contributed by atoms with Gasteiger partial charge in [0.25, 0.3) is 0 Å². The quantitative estimate of drug-likeness (QED) is 0.741. The van der Waals surface area contributed by atoms with Crippen molar-refractivity contribution >= 4 is 5.91 Å². The van der Waals surface area contributed by atoms with E-state index in [0.717, 1.165) is 12.8 Å². The van der Waals surface area contributed by atoms with Crippen molar-refractivity contribution in [2.45, 2.75) is 64.2 Å². The van der Waals surface area contributed by atoms with Gasteiger partial charge in [0.05, 0.1) is 11.7 Å². The van der Waals surface area contributed by atoms with Crippen LogP contribution < -0.4 is 5.32 Å². The third kappa shape index (κ3) is 1.34. The van der Waals surface area contributed by atoms with Gasteiger partial charge in [-0.3, -0.25) is 10.1 Å². The van der Waals surface area contributed by atoms with Gasteiger partial charge in [-0.25, -0.2) is 0 Å². The summed E-state index contributed by atoms with van der Waals surface area (Å²) in [5.41, 5.74) is -0.302. The molecule has 14 heavy (non-hydrogen) atoms. The highest BCUT2D eigenvalue weighted by atomic mass is 16.2. The van der Waals surface area contributed by atoms with Crippen LogP contribution in [0.15, 0.2) is 0 Å². The largest absolute Gasteiger partial charge is 0.323 e. The number of carbonyl (C=O) groups is 1. The standard InChI is InChI=1S/C11H20N2O/c1-4-9-12-11(3,5-2)10(14)13(9)8-6-7-8/h8-9,12H,4-7H2,1-3H3. The van der Waals surface area contributed by atoms with Crippen LogP contribution in [0.3, 0.4) is 0 Å². The van der Waals surface area contributed by atoms with Crippen molar-refractivity contribution in [2.24, 2.45) is 0 Å². The Morgan fingerprint density at radius 1 is 1.50 bits per heavy atom. The Balaban J connectivity index is 2.19. The molecule has 3 heteroatoms. The summed E-state index contributed by atoms with van der Waals surface area (Å²) < 4.78 is 0. The lowest BCUT2D eigenvalue weighted by atomic mass is 9.99. The van der Waals surface area contributed by atoms with Crippen molar-refractivity contribution in [1.82, 2.24) is 10.2 Å². The van der Waals surface area contributed by atoms with E-state index in [0.29, 0.717) is 11.9 Å². The maximum Gasteiger partial charge on any atom is 0.244 e. The molecule has 1 aliphatic carbocycles. The molecule has 1 heterocycles. The van der Waals surface area contributed by atoms with Gasteiger partial charge in [-0.15, -0.1) is 0 Å². The van der Waals surface area contributed by atoms with Crippen LogP contribution in [0.2, 0.25) is 0 Å². The molecule has 1 aliphatic heterocycles. The van der Waals surface area contributed by atoms with Crippen LogP contribution in [0.4, 0.5) is 0 Å². The minimum Gasteiger partial charge on any atom is -0.323 e. The lowest BCUT2D eigenvalue weighted by Crippen LogP contribution is -2.43. The first-order valence-corrected chi connectivity index (χ1v) is 5.73. The molecule has 2 rings (SSSR count). The van der Waals surface area contributed by atoms with E-state index in [1.165, 1.54) is 12.8 Å². The summed E-state index contributed by atoms with van der Waals surface area (Å²) in [6.07, 6.45) is 4.57. The summed E-state index contributed by atoms with van der Waals surface area (Å²) >= 11 is 0. The molecule has 2 unspecified atom stereocenters. The highest BCUT2D eigenvalue weighted by Crippen LogP contribution is 2.35. The molecule has 2 atom stereocenters. The highest BCUT2D eigenvalue weighted by Gasteiger charge is 2.50. The fraction of sp³-hybridized carbons (Fsp3) is 0.909. The van der Waals surface area contributed by atoms with Gasteiger partial charge in [-0.05, 0) is 32.6 Å². The normalized spacial score (nSPS) is 38.1. The average Bonchev–Trinajstić information content (AvgIpc) is 2.97. The number of amides is 1. The molecule has 1 saturated carbocycles. The van der Waals surface area contributed by atoms with E-state index < -0.39 is 0 Å². The van der Waals surface area contributed by atoms with Crippen molar-refractivity contribution < 1.29 is 4.79 Å². The number of rotatable bonds is 3. The van der Waals surface area contributed by atoms with E-state index >= 15 is 0 Å². The zero-order valence-electron chi connectivity index (χ0n) is 9.34. The van der Waals surface area contributed by atoms with Crippen LogP contribution in [0, 0.1) is 0 Å². The summed E-state index contributed by atoms with van der Waals surface area (Å²) in [6, 6.07) is 0.535. The number of hydrogen-bond donors (Lipinski definition) is 1. The third-order valence-corrected chi connectivity index (χ3v) is 3.56. The first-order valence-electron chi connectivity index (χ1n) is 5.73. The van der Waals surface area contributed by atoms with Gasteiger partial charge in [0.15, 0.2) is 0 Å². The Bertz CT molecular complexity index is 250. The molecule has 1 amide bonds. The van der Waals surface area contributed by atoms with Gasteiger partial charge >= 0.3 is 0 Å². The number of nitrogens with zero attached hydrogens (tertiary/aromatic N) is 1. The fourth-order valence-electron chi connectivity index (χ4n) is 2.25. The van der Waals surface area contributed by atoms with E-state index in [-0.39, 0.29) is 11.7 Å². The second-order valence-corrected chi connectivity index (χ2v) is 4.70. The Morgan fingerprint density at radius 2 is 2.14 bits per heavy atom. The summed E-state index contributed by atoms with van der Waals surface area (Å²) in [6.45, 7) is 6.25. The zero-order chi connectivity index (χ0) is 10.3. The van der Waals surface area contributed by atoms with Gasteiger partial charge in [-0.2, -0.15) is 0 Å². The maximum absolute atomic E-state index is 12.2. The molecule has 2 aliphatic rings. The summed E-state index contributed by atoms with van der Waals surface area (Å²) in [5, 5.41) is 3.46. The molecular weight excluding hydrogens is 176 g/mol. The van der Waals surface area contributed by atoms with Crippen LogP contribution in [0.25, 0.3) is 0 Å². The Hall–Kier alpha value is -0.570. The molecule has 0 bridgehead atoms. The van der Waals surface area contributed by atoms with E-state index in [9.17, 15) is 4.79 Å². The lowest BCUT2D eigenvalue weighted by molar-refractivity contribution is -0.133. The van der Waals surface area contributed by atoms with Gasteiger partial charge in [0.2, 0.25) is 5.91 Å². The van der Waals surface area contributed by atoms with E-state index in [1.54, 1.807) is 0 Å². The molecule has 0 aromatic carbocycles. The minimum absolute atomic E-state index is 0.278. The van der Waals surface area contributed by atoms with Gasteiger partial charge in [0, 0.05) is 6.04 Å². The minimum atomic E-state index is -0.302. The van der Waals surface area contributed by atoms with E-state index in [2.05, 4.69) is 24.1 Å². The Labute approximate surface area is 85.8 Å². The van der Waals surface area contributed by atoms with Gasteiger partial charge in [0.1, 0.15) is 0 Å². The molecule has 80 valence electrons. The Morgan fingerprint density at radius 3 is 2.57 bits per heavy atom. The molecule has 0 spiro atoms. The van der Waals surface area contributed by atoms with Crippen LogP contribution >= 0.6 is 0 Å². The van der Waals surface area contributed by atoms with Crippen molar-refractivity contribution in [2.75, 3.05) is 0 Å². The first kappa shape index (κ1) is 9.97. The number of carbonyl (C=O) groups excluding carboxylic acids is 1. The second kappa shape index (κ2) is 3.23. The molecule has 0 aromatic rings. The van der Waals surface area contributed by atoms with Crippen LogP contribution in [0.1, 0.15) is 46.5 Å². The van der Waals surface area contributed by atoms with Gasteiger partial charge < -0.3 is 4.90 Å². The molecular formula is C11H20N2O. The van der Waals surface area contributed by atoms with E-state index in [4.69, 9.17) is 0 Å². The summed E-state index contributed by atoms with van der Waals surface area (Å²) in [5.74, 6) is 0.314. The highest BCUT2D eigenvalue weighted by molar-refractivity contribution is 5.88.